The molecule has 1 N–H and O–H groups in total. The fraction of sp³-hybridized carbons (Fsp3) is 0.357. The highest BCUT2D eigenvalue weighted by Gasteiger charge is 2.18. The number of hydrogen-bond acceptors (Lipinski definition) is 3. The largest absolute Gasteiger partial charge is 0.497 e. The summed E-state index contributed by atoms with van der Waals surface area (Å²) in [5.41, 5.74) is 2.60. The summed E-state index contributed by atoms with van der Waals surface area (Å²) in [6.07, 6.45) is -0.0144. The summed E-state index contributed by atoms with van der Waals surface area (Å²) in [7, 11) is 5.07. The fourth-order valence-electron chi connectivity index (χ4n) is 2.37. The molecule has 2 aromatic rings. The Morgan fingerprint density at radius 2 is 2.00 bits per heavy atom. The van der Waals surface area contributed by atoms with Gasteiger partial charge in [-0.3, -0.25) is 4.79 Å². The molecule has 1 heterocycles. The minimum Gasteiger partial charge on any atom is -0.497 e. The van der Waals surface area contributed by atoms with Crippen LogP contribution in [0.1, 0.15) is 11.3 Å². The van der Waals surface area contributed by atoms with E-state index < -0.39 is 5.97 Å². The lowest BCUT2D eigenvalue weighted by Crippen LogP contribution is -2.01. The lowest BCUT2D eigenvalue weighted by molar-refractivity contribution is -0.136. The first kappa shape index (κ1) is 13.3. The highest BCUT2D eigenvalue weighted by molar-refractivity contribution is 5.94. The van der Waals surface area contributed by atoms with Crippen molar-refractivity contribution < 1.29 is 19.4 Å². The van der Waals surface area contributed by atoms with Gasteiger partial charge in [0.15, 0.2) is 0 Å². The van der Waals surface area contributed by atoms with Gasteiger partial charge >= 0.3 is 5.97 Å². The van der Waals surface area contributed by atoms with Crippen LogP contribution >= 0.6 is 0 Å². The van der Waals surface area contributed by atoms with Crippen molar-refractivity contribution in [2.45, 2.75) is 13.3 Å². The van der Waals surface area contributed by atoms with Crippen LogP contribution in [0.3, 0.4) is 0 Å². The molecule has 0 fully saturated rings. The molecular weight excluding hydrogens is 246 g/mol. The van der Waals surface area contributed by atoms with Crippen molar-refractivity contribution in [1.82, 2.24) is 4.57 Å². The molecule has 19 heavy (non-hydrogen) atoms. The van der Waals surface area contributed by atoms with Crippen molar-refractivity contribution in [3.63, 3.8) is 0 Å². The molecule has 0 bridgehead atoms. The summed E-state index contributed by atoms with van der Waals surface area (Å²) >= 11 is 0. The summed E-state index contributed by atoms with van der Waals surface area (Å²) in [6.45, 7) is 1.91. The molecule has 5 nitrogen and oxygen atoms in total. The summed E-state index contributed by atoms with van der Waals surface area (Å²) in [4.78, 5) is 11.0. The predicted octanol–water partition coefficient (Wildman–Crippen LogP) is 2.13. The number of hydrogen-bond donors (Lipinski definition) is 1. The Balaban J connectivity index is 2.82. The number of rotatable bonds is 4. The van der Waals surface area contributed by atoms with Gasteiger partial charge in [-0.05, 0) is 18.6 Å². The first-order valence-electron chi connectivity index (χ1n) is 5.91. The number of aryl methyl sites for hydroxylation is 1. The number of carboxylic acids is 1. The van der Waals surface area contributed by atoms with Crippen molar-refractivity contribution >= 4 is 16.9 Å². The molecule has 0 saturated carbocycles. The third-order valence-corrected chi connectivity index (χ3v) is 3.43. The summed E-state index contributed by atoms with van der Waals surface area (Å²) in [6, 6.07) is 3.65. The Bertz CT molecular complexity index is 643. The van der Waals surface area contributed by atoms with Crippen molar-refractivity contribution in [2.24, 2.45) is 7.05 Å². The summed E-state index contributed by atoms with van der Waals surface area (Å²) in [5, 5.41) is 9.90. The lowest BCUT2D eigenvalue weighted by Gasteiger charge is -2.08. The van der Waals surface area contributed by atoms with Gasteiger partial charge in [0.1, 0.15) is 11.5 Å². The highest BCUT2D eigenvalue weighted by atomic mass is 16.5. The van der Waals surface area contributed by atoms with Gasteiger partial charge in [-0.25, -0.2) is 0 Å². The molecule has 0 atom stereocenters. The van der Waals surface area contributed by atoms with Crippen LogP contribution in [0.15, 0.2) is 12.1 Å². The SMILES string of the molecule is COc1cc(OC)c2c(c1)c(CC(=O)O)c(C)n2C. The first-order chi connectivity index (χ1) is 8.99. The van der Waals surface area contributed by atoms with Crippen LogP contribution in [-0.2, 0) is 18.3 Å². The Kier molecular flexibility index (Phi) is 3.38. The molecule has 0 aliphatic carbocycles. The van der Waals surface area contributed by atoms with Crippen LogP contribution in [0.4, 0.5) is 0 Å². The van der Waals surface area contributed by atoms with Gasteiger partial charge in [-0.15, -0.1) is 0 Å². The van der Waals surface area contributed by atoms with Crippen LogP contribution in [0, 0.1) is 6.92 Å². The molecule has 0 amide bonds. The molecular formula is C14H17NO4. The van der Waals surface area contributed by atoms with E-state index in [9.17, 15) is 4.79 Å². The van der Waals surface area contributed by atoms with Gasteiger partial charge in [0.25, 0.3) is 0 Å². The van der Waals surface area contributed by atoms with Gasteiger partial charge in [-0.1, -0.05) is 0 Å². The summed E-state index contributed by atoms with van der Waals surface area (Å²) < 4.78 is 12.6. The zero-order valence-corrected chi connectivity index (χ0v) is 11.5. The number of fused-ring (bicyclic) bond motifs is 1. The number of aliphatic carboxylic acids is 1. The molecule has 0 saturated heterocycles. The van der Waals surface area contributed by atoms with E-state index in [0.29, 0.717) is 11.5 Å². The minimum absolute atomic E-state index is 0.0144. The topological polar surface area (TPSA) is 60.7 Å². The molecule has 2 rings (SSSR count). The lowest BCUT2D eigenvalue weighted by atomic mass is 10.1. The van der Waals surface area contributed by atoms with E-state index in [1.165, 1.54) is 0 Å². The maximum Gasteiger partial charge on any atom is 0.307 e. The molecule has 0 radical (unpaired) electrons. The number of aromatic nitrogens is 1. The quantitative estimate of drug-likeness (QED) is 0.918. The normalized spacial score (nSPS) is 10.7. The molecule has 5 heteroatoms. The number of ether oxygens (including phenoxy) is 2. The van der Waals surface area contributed by atoms with E-state index in [2.05, 4.69) is 0 Å². The Labute approximate surface area is 111 Å². The van der Waals surface area contributed by atoms with Crippen LogP contribution in [-0.4, -0.2) is 29.9 Å². The molecule has 0 spiro atoms. The third kappa shape index (κ3) is 2.12. The smallest absolute Gasteiger partial charge is 0.307 e. The average Bonchev–Trinajstić information content (AvgIpc) is 2.62. The van der Waals surface area contributed by atoms with Crippen molar-refractivity contribution in [3.05, 3.63) is 23.4 Å². The second-order valence-corrected chi connectivity index (χ2v) is 4.42. The molecule has 0 unspecified atom stereocenters. The molecule has 0 aliphatic rings. The average molecular weight is 263 g/mol. The monoisotopic (exact) mass is 263 g/mol. The van der Waals surface area contributed by atoms with Gasteiger partial charge in [-0.2, -0.15) is 0 Å². The first-order valence-corrected chi connectivity index (χ1v) is 5.91. The summed E-state index contributed by atoms with van der Waals surface area (Å²) in [5.74, 6) is 0.482. The zero-order chi connectivity index (χ0) is 14.2. The Hall–Kier alpha value is -2.17. The second kappa shape index (κ2) is 4.84. The van der Waals surface area contributed by atoms with E-state index >= 15 is 0 Å². The van der Waals surface area contributed by atoms with E-state index in [-0.39, 0.29) is 6.42 Å². The molecule has 1 aromatic heterocycles. The standard InChI is InChI=1S/C14H17NO4/c1-8-10(7-13(16)17)11-5-9(18-3)6-12(19-4)14(11)15(8)2/h5-6H,7H2,1-4H3,(H,16,17). The molecule has 1 aromatic carbocycles. The Morgan fingerprint density at radius 3 is 2.53 bits per heavy atom. The molecule has 102 valence electrons. The number of carbonyl (C=O) groups is 1. The maximum atomic E-state index is 11.0. The molecule has 0 aliphatic heterocycles. The van der Waals surface area contributed by atoms with Crippen molar-refractivity contribution in [3.8, 4) is 11.5 Å². The van der Waals surface area contributed by atoms with Gasteiger partial charge in [0.2, 0.25) is 0 Å². The van der Waals surface area contributed by atoms with Crippen LogP contribution in [0.5, 0.6) is 11.5 Å². The second-order valence-electron chi connectivity index (χ2n) is 4.42. The van der Waals surface area contributed by atoms with Crippen LogP contribution in [0.25, 0.3) is 10.9 Å². The van der Waals surface area contributed by atoms with E-state index in [4.69, 9.17) is 14.6 Å². The number of nitrogens with zero attached hydrogens (tertiary/aromatic N) is 1. The minimum atomic E-state index is -0.850. The van der Waals surface area contributed by atoms with Crippen molar-refractivity contribution in [2.75, 3.05) is 14.2 Å². The number of benzene rings is 1. The fourth-order valence-corrected chi connectivity index (χ4v) is 2.37. The third-order valence-electron chi connectivity index (χ3n) is 3.43. The predicted molar refractivity (Wildman–Crippen MR) is 72.1 cm³/mol. The van der Waals surface area contributed by atoms with E-state index in [1.807, 2.05) is 24.6 Å². The number of methoxy groups -OCH3 is 2. The zero-order valence-electron chi connectivity index (χ0n) is 11.5. The van der Waals surface area contributed by atoms with Gasteiger partial charge in [0.05, 0.1) is 26.2 Å². The highest BCUT2D eigenvalue weighted by Crippen LogP contribution is 2.36. The van der Waals surface area contributed by atoms with E-state index in [1.54, 1.807) is 20.3 Å². The van der Waals surface area contributed by atoms with Crippen molar-refractivity contribution in [1.29, 1.82) is 0 Å². The maximum absolute atomic E-state index is 11.0. The van der Waals surface area contributed by atoms with Gasteiger partial charge in [0, 0.05) is 24.2 Å². The van der Waals surface area contributed by atoms with E-state index in [0.717, 1.165) is 22.2 Å². The van der Waals surface area contributed by atoms with Crippen LogP contribution in [0.2, 0.25) is 0 Å². The Morgan fingerprint density at radius 1 is 1.32 bits per heavy atom. The van der Waals surface area contributed by atoms with Crippen LogP contribution < -0.4 is 9.47 Å². The number of carboxylic acid groups (broad SMARTS) is 1. The van der Waals surface area contributed by atoms with Gasteiger partial charge < -0.3 is 19.1 Å².